The van der Waals surface area contributed by atoms with Gasteiger partial charge in [-0.15, -0.1) is 0 Å². The zero-order valence-corrected chi connectivity index (χ0v) is 14.3. The van der Waals surface area contributed by atoms with Crippen molar-refractivity contribution in [3.63, 3.8) is 0 Å². The number of ether oxygens (including phenoxy) is 1. The van der Waals surface area contributed by atoms with Gasteiger partial charge in [-0.2, -0.15) is 10.1 Å². The van der Waals surface area contributed by atoms with Crippen molar-refractivity contribution in [2.24, 2.45) is 0 Å². The Morgan fingerprint density at radius 3 is 2.92 bits per heavy atom. The number of hydrogen-bond donors (Lipinski definition) is 1. The highest BCUT2D eigenvalue weighted by Crippen LogP contribution is 2.25. The highest BCUT2D eigenvalue weighted by Gasteiger charge is 2.15. The molecule has 0 bridgehead atoms. The van der Waals surface area contributed by atoms with Gasteiger partial charge in [-0.25, -0.2) is 4.68 Å². The summed E-state index contributed by atoms with van der Waals surface area (Å²) < 4.78 is 12.5. The normalized spacial score (nSPS) is 12.3. The van der Waals surface area contributed by atoms with E-state index in [1.54, 1.807) is 11.8 Å². The minimum Gasteiger partial charge on any atom is -0.494 e. The lowest BCUT2D eigenvalue weighted by molar-refractivity contribution is 0.411. The van der Waals surface area contributed by atoms with Crippen molar-refractivity contribution in [3.8, 4) is 23.0 Å². The van der Waals surface area contributed by atoms with Gasteiger partial charge < -0.3 is 14.6 Å². The molecule has 0 aliphatic rings. The number of aryl methyl sites for hydroxylation is 1. The number of rotatable bonds is 6. The molecule has 1 atom stereocenters. The first-order valence-corrected chi connectivity index (χ1v) is 7.81. The lowest BCUT2D eigenvalue weighted by Gasteiger charge is -2.09. The molecule has 0 aliphatic heterocycles. The van der Waals surface area contributed by atoms with Crippen LogP contribution in [0, 0.1) is 6.92 Å². The Morgan fingerprint density at radius 2 is 2.17 bits per heavy atom. The Bertz CT molecular complexity index is 824. The van der Waals surface area contributed by atoms with Crippen LogP contribution >= 0.6 is 0 Å². The summed E-state index contributed by atoms with van der Waals surface area (Å²) in [6.45, 7) is 4.09. The van der Waals surface area contributed by atoms with Gasteiger partial charge in [0.2, 0.25) is 0 Å². The van der Waals surface area contributed by atoms with Gasteiger partial charge in [0.05, 0.1) is 7.11 Å². The maximum atomic E-state index is 5.41. The second kappa shape index (κ2) is 6.84. The highest BCUT2D eigenvalue weighted by molar-refractivity contribution is 5.51. The van der Waals surface area contributed by atoms with E-state index in [1.165, 1.54) is 0 Å². The van der Waals surface area contributed by atoms with Crippen molar-refractivity contribution in [2.45, 2.75) is 26.3 Å². The van der Waals surface area contributed by atoms with Crippen molar-refractivity contribution in [1.29, 1.82) is 0 Å². The molecule has 1 aromatic carbocycles. The van der Waals surface area contributed by atoms with Crippen LogP contribution in [0.5, 0.6) is 5.75 Å². The second-order valence-corrected chi connectivity index (χ2v) is 5.73. The average Bonchev–Trinajstić information content (AvgIpc) is 3.23. The first kappa shape index (κ1) is 16.2. The van der Waals surface area contributed by atoms with Crippen molar-refractivity contribution in [1.82, 2.24) is 25.2 Å². The summed E-state index contributed by atoms with van der Waals surface area (Å²) in [5.41, 5.74) is 2.63. The molecule has 3 aromatic rings. The van der Waals surface area contributed by atoms with E-state index in [0.29, 0.717) is 23.8 Å². The summed E-state index contributed by atoms with van der Waals surface area (Å²) in [6.07, 6.45) is 2.55. The SMILES string of the molecule is CNC(C)Cc1noc(-c2ccn(-c3cc(C)ccc3OC)n2)n1. The van der Waals surface area contributed by atoms with Crippen LogP contribution in [-0.2, 0) is 6.42 Å². The molecule has 0 fully saturated rings. The third-order valence-corrected chi connectivity index (χ3v) is 3.84. The first-order valence-electron chi connectivity index (χ1n) is 7.81. The standard InChI is InChI=1S/C17H21N5O2/c1-11-5-6-15(23-4)14(9-11)22-8-7-13(20-22)17-19-16(21-24-17)10-12(2)18-3/h5-9,12,18H,10H2,1-4H3. The molecule has 0 amide bonds. The van der Waals surface area contributed by atoms with E-state index in [4.69, 9.17) is 9.26 Å². The predicted molar refractivity (Wildman–Crippen MR) is 90.4 cm³/mol. The summed E-state index contributed by atoms with van der Waals surface area (Å²) in [5.74, 6) is 1.83. The maximum absolute atomic E-state index is 5.41. The van der Waals surface area contributed by atoms with Crippen LogP contribution in [0.25, 0.3) is 17.3 Å². The smallest absolute Gasteiger partial charge is 0.278 e. The minimum atomic E-state index is 0.282. The molecule has 0 saturated heterocycles. The first-order chi connectivity index (χ1) is 11.6. The molecule has 7 heteroatoms. The van der Waals surface area contributed by atoms with E-state index < -0.39 is 0 Å². The maximum Gasteiger partial charge on any atom is 0.278 e. The van der Waals surface area contributed by atoms with Gasteiger partial charge in [-0.1, -0.05) is 11.2 Å². The molecule has 1 unspecified atom stereocenters. The molecular weight excluding hydrogens is 306 g/mol. The van der Waals surface area contributed by atoms with Crippen LogP contribution in [0.2, 0.25) is 0 Å². The van der Waals surface area contributed by atoms with Gasteiger partial charge >= 0.3 is 0 Å². The molecule has 0 radical (unpaired) electrons. The Hall–Kier alpha value is -2.67. The van der Waals surface area contributed by atoms with E-state index in [9.17, 15) is 0 Å². The van der Waals surface area contributed by atoms with Gasteiger partial charge in [-0.3, -0.25) is 0 Å². The van der Waals surface area contributed by atoms with Gasteiger partial charge in [-0.05, 0) is 44.7 Å². The Morgan fingerprint density at radius 1 is 1.33 bits per heavy atom. The third kappa shape index (κ3) is 3.30. The van der Waals surface area contributed by atoms with Crippen molar-refractivity contribution in [3.05, 3.63) is 41.9 Å². The van der Waals surface area contributed by atoms with E-state index in [2.05, 4.69) is 27.5 Å². The Kier molecular flexibility index (Phi) is 4.61. The Balaban J connectivity index is 1.87. The fourth-order valence-corrected chi connectivity index (χ4v) is 2.37. The summed E-state index contributed by atoms with van der Waals surface area (Å²) >= 11 is 0. The molecule has 3 rings (SSSR count). The van der Waals surface area contributed by atoms with Crippen molar-refractivity contribution in [2.75, 3.05) is 14.2 Å². The number of nitrogens with zero attached hydrogens (tertiary/aromatic N) is 4. The molecule has 2 heterocycles. The van der Waals surface area contributed by atoms with Gasteiger partial charge in [0.1, 0.15) is 11.4 Å². The van der Waals surface area contributed by atoms with E-state index in [-0.39, 0.29) is 6.04 Å². The molecular formula is C17H21N5O2. The van der Waals surface area contributed by atoms with Crippen LogP contribution in [0.1, 0.15) is 18.3 Å². The van der Waals surface area contributed by atoms with Crippen molar-refractivity contribution >= 4 is 0 Å². The van der Waals surface area contributed by atoms with Crippen LogP contribution in [0.4, 0.5) is 0 Å². The number of benzene rings is 1. The van der Waals surface area contributed by atoms with Gasteiger partial charge in [0, 0.05) is 18.7 Å². The fraction of sp³-hybridized carbons (Fsp3) is 0.353. The molecule has 24 heavy (non-hydrogen) atoms. The Labute approximate surface area is 140 Å². The molecule has 0 aliphatic carbocycles. The summed E-state index contributed by atoms with van der Waals surface area (Å²) in [7, 11) is 3.55. The molecule has 0 spiro atoms. The van der Waals surface area contributed by atoms with Gasteiger partial charge in [0.25, 0.3) is 5.89 Å². The number of hydrogen-bond acceptors (Lipinski definition) is 6. The zero-order chi connectivity index (χ0) is 17.1. The van der Waals surface area contributed by atoms with Crippen LogP contribution in [0.15, 0.2) is 35.0 Å². The molecule has 2 aromatic heterocycles. The average molecular weight is 327 g/mol. The molecule has 7 nitrogen and oxygen atoms in total. The highest BCUT2D eigenvalue weighted by atomic mass is 16.5. The van der Waals surface area contributed by atoms with Crippen molar-refractivity contribution < 1.29 is 9.26 Å². The predicted octanol–water partition coefficient (Wildman–Crippen LogP) is 2.39. The summed E-state index contributed by atoms with van der Waals surface area (Å²) in [5, 5.41) is 11.7. The second-order valence-electron chi connectivity index (χ2n) is 5.73. The van der Waals surface area contributed by atoms with E-state index in [0.717, 1.165) is 17.0 Å². The van der Waals surface area contributed by atoms with Gasteiger partial charge in [0.15, 0.2) is 11.5 Å². The largest absolute Gasteiger partial charge is 0.494 e. The quantitative estimate of drug-likeness (QED) is 0.749. The number of likely N-dealkylation sites (N-methyl/N-ethyl adjacent to an activating group) is 1. The van der Waals surface area contributed by atoms with Crippen LogP contribution in [0.3, 0.4) is 0 Å². The number of aromatic nitrogens is 4. The third-order valence-electron chi connectivity index (χ3n) is 3.84. The topological polar surface area (TPSA) is 78.0 Å². The lowest BCUT2D eigenvalue weighted by atomic mass is 10.2. The fourth-order valence-electron chi connectivity index (χ4n) is 2.37. The molecule has 0 saturated carbocycles. The van der Waals surface area contributed by atoms with Crippen LogP contribution in [-0.4, -0.2) is 40.1 Å². The zero-order valence-electron chi connectivity index (χ0n) is 14.3. The summed E-state index contributed by atoms with van der Waals surface area (Å²) in [4.78, 5) is 4.41. The summed E-state index contributed by atoms with van der Waals surface area (Å²) in [6, 6.07) is 8.07. The molecule has 1 N–H and O–H groups in total. The van der Waals surface area contributed by atoms with Crippen LogP contribution < -0.4 is 10.1 Å². The monoisotopic (exact) mass is 327 g/mol. The van der Waals surface area contributed by atoms with E-state index in [1.807, 2.05) is 44.4 Å². The number of nitrogens with one attached hydrogen (secondary N) is 1. The van der Waals surface area contributed by atoms with E-state index >= 15 is 0 Å². The minimum absolute atomic E-state index is 0.282. The lowest BCUT2D eigenvalue weighted by Crippen LogP contribution is -2.24. The molecule has 126 valence electrons. The number of methoxy groups -OCH3 is 1.